The number of rotatable bonds is 8. The normalized spacial score (nSPS) is 13.5. The zero-order chi connectivity index (χ0) is 27.4. The number of aromatic nitrogens is 4. The van der Waals surface area contributed by atoms with E-state index in [9.17, 15) is 9.59 Å². The molecule has 3 N–H and O–H groups in total. The van der Waals surface area contributed by atoms with Gasteiger partial charge in [-0.15, -0.1) is 5.53 Å². The Bertz CT molecular complexity index is 1580. The standard InChI is InChI=1S/C27H24Cl2N8O2/c1-17-12-31-20(13-30-17)14-32-27(39)24(9-18-5-3-2-4-6-18)36-16-33-22(11-26(36)38)21-10-19(28)7-8-23(21)37-15-25(29)34-35-37/h2-8,10-13,15-16,24,34-35H,9,14H2,1H3,(H,32,39)/t24-/m0/s1. The lowest BCUT2D eigenvalue weighted by Crippen LogP contribution is -2.38. The molecule has 4 aromatic rings. The van der Waals surface area contributed by atoms with E-state index in [0.717, 1.165) is 11.3 Å². The number of halogens is 2. The quantitative estimate of drug-likeness (QED) is 0.279. The first-order chi connectivity index (χ1) is 18.9. The lowest BCUT2D eigenvalue weighted by Gasteiger charge is -2.21. The van der Waals surface area contributed by atoms with E-state index in [-0.39, 0.29) is 12.5 Å². The summed E-state index contributed by atoms with van der Waals surface area (Å²) in [4.78, 5) is 39.9. The summed E-state index contributed by atoms with van der Waals surface area (Å²) in [5.74, 6) is -0.339. The molecule has 0 spiro atoms. The fourth-order valence-corrected chi connectivity index (χ4v) is 4.41. The van der Waals surface area contributed by atoms with Gasteiger partial charge in [0.2, 0.25) is 5.91 Å². The number of nitrogens with zero attached hydrogens (tertiary/aromatic N) is 5. The van der Waals surface area contributed by atoms with Crippen molar-refractivity contribution >= 4 is 34.8 Å². The van der Waals surface area contributed by atoms with Gasteiger partial charge in [-0.2, -0.15) is 0 Å². The van der Waals surface area contributed by atoms with Gasteiger partial charge >= 0.3 is 0 Å². The second-order valence-electron chi connectivity index (χ2n) is 8.84. The van der Waals surface area contributed by atoms with E-state index < -0.39 is 11.6 Å². The molecular weight excluding hydrogens is 539 g/mol. The fourth-order valence-electron chi connectivity index (χ4n) is 4.10. The van der Waals surface area contributed by atoms with E-state index in [2.05, 4.69) is 31.2 Å². The van der Waals surface area contributed by atoms with E-state index in [0.29, 0.717) is 39.2 Å². The van der Waals surface area contributed by atoms with Crippen molar-refractivity contribution in [3.8, 4) is 11.3 Å². The van der Waals surface area contributed by atoms with Crippen LogP contribution in [-0.2, 0) is 17.8 Å². The Morgan fingerprint density at radius 1 is 1.05 bits per heavy atom. The monoisotopic (exact) mass is 562 g/mol. The Labute approximate surface area is 234 Å². The van der Waals surface area contributed by atoms with Gasteiger partial charge in [0.15, 0.2) is 0 Å². The predicted octanol–water partition coefficient (Wildman–Crippen LogP) is 3.63. The van der Waals surface area contributed by atoms with Gasteiger partial charge in [-0.1, -0.05) is 53.5 Å². The lowest BCUT2D eigenvalue weighted by molar-refractivity contribution is -0.124. The fraction of sp³-hybridized carbons (Fsp3) is 0.148. The summed E-state index contributed by atoms with van der Waals surface area (Å²) < 4.78 is 1.34. The SMILES string of the molecule is Cc1cnc(CNC(=O)[C@H](Cc2ccccc2)n2cnc(-c3cc(Cl)ccc3N3C=C(Cl)NN3)cc2=O)cn1. The first kappa shape index (κ1) is 26.4. The minimum absolute atomic E-state index is 0.177. The highest BCUT2D eigenvalue weighted by atomic mass is 35.5. The van der Waals surface area contributed by atoms with Crippen LogP contribution in [0.1, 0.15) is 23.0 Å². The number of nitrogens with one attached hydrogen (secondary N) is 3. The van der Waals surface area contributed by atoms with Crippen molar-refractivity contribution in [1.82, 2.24) is 35.8 Å². The second-order valence-corrected chi connectivity index (χ2v) is 9.68. The number of hydrogen-bond donors (Lipinski definition) is 3. The van der Waals surface area contributed by atoms with Crippen molar-refractivity contribution in [2.24, 2.45) is 0 Å². The number of anilines is 1. The minimum Gasteiger partial charge on any atom is -0.349 e. The van der Waals surface area contributed by atoms with Gasteiger partial charge in [-0.3, -0.25) is 34.6 Å². The number of aryl methyl sites for hydroxylation is 1. The highest BCUT2D eigenvalue weighted by molar-refractivity contribution is 6.31. The third-order valence-electron chi connectivity index (χ3n) is 6.06. The summed E-state index contributed by atoms with van der Waals surface area (Å²) in [7, 11) is 0. The van der Waals surface area contributed by atoms with Crippen LogP contribution in [0.5, 0.6) is 0 Å². The molecular formula is C27H24Cl2N8O2. The molecule has 0 radical (unpaired) electrons. The third kappa shape index (κ3) is 6.26. The van der Waals surface area contributed by atoms with Gasteiger partial charge in [0.1, 0.15) is 11.2 Å². The number of amides is 1. The zero-order valence-corrected chi connectivity index (χ0v) is 22.3. The molecule has 12 heteroatoms. The molecule has 3 heterocycles. The summed E-state index contributed by atoms with van der Waals surface area (Å²) >= 11 is 12.3. The molecule has 39 heavy (non-hydrogen) atoms. The molecule has 2 aromatic heterocycles. The summed E-state index contributed by atoms with van der Waals surface area (Å²) in [5.41, 5.74) is 9.27. The van der Waals surface area contributed by atoms with Crippen molar-refractivity contribution in [3.63, 3.8) is 0 Å². The Morgan fingerprint density at radius 2 is 1.87 bits per heavy atom. The van der Waals surface area contributed by atoms with Gasteiger partial charge in [-0.25, -0.2) is 4.98 Å². The van der Waals surface area contributed by atoms with Gasteiger partial charge < -0.3 is 5.32 Å². The first-order valence-electron chi connectivity index (χ1n) is 12.0. The van der Waals surface area contributed by atoms with Crippen LogP contribution >= 0.6 is 23.2 Å². The molecule has 0 fully saturated rings. The van der Waals surface area contributed by atoms with E-state index in [1.807, 2.05) is 37.3 Å². The molecule has 198 valence electrons. The van der Waals surface area contributed by atoms with Crippen LogP contribution in [0, 0.1) is 6.92 Å². The molecule has 0 aliphatic carbocycles. The van der Waals surface area contributed by atoms with E-state index >= 15 is 0 Å². The Kier molecular flexibility index (Phi) is 7.87. The summed E-state index contributed by atoms with van der Waals surface area (Å²) in [6, 6.07) is 15.3. The maximum absolute atomic E-state index is 13.4. The predicted molar refractivity (Wildman–Crippen MR) is 149 cm³/mol. The summed E-state index contributed by atoms with van der Waals surface area (Å²) in [6.07, 6.45) is 6.58. The van der Waals surface area contributed by atoms with Crippen molar-refractivity contribution in [2.75, 3.05) is 5.01 Å². The van der Waals surface area contributed by atoms with Crippen LogP contribution in [0.2, 0.25) is 5.02 Å². The number of hydrazine groups is 2. The van der Waals surface area contributed by atoms with Crippen molar-refractivity contribution < 1.29 is 4.79 Å². The Balaban J connectivity index is 1.46. The Hall–Kier alpha value is -4.25. The van der Waals surface area contributed by atoms with Crippen LogP contribution in [0.4, 0.5) is 5.69 Å². The first-order valence-corrected chi connectivity index (χ1v) is 12.8. The Morgan fingerprint density at radius 3 is 2.56 bits per heavy atom. The smallest absolute Gasteiger partial charge is 0.254 e. The van der Waals surface area contributed by atoms with Gasteiger partial charge in [-0.05, 0) is 30.7 Å². The number of benzene rings is 2. The van der Waals surface area contributed by atoms with Crippen LogP contribution in [0.25, 0.3) is 11.3 Å². The topological polar surface area (TPSA) is 117 Å². The molecule has 1 amide bonds. The minimum atomic E-state index is -0.843. The summed E-state index contributed by atoms with van der Waals surface area (Å²) in [6.45, 7) is 2.02. The molecule has 0 saturated carbocycles. The van der Waals surface area contributed by atoms with Crippen LogP contribution in [0.3, 0.4) is 0 Å². The largest absolute Gasteiger partial charge is 0.349 e. The van der Waals surface area contributed by atoms with Crippen LogP contribution in [-0.4, -0.2) is 25.4 Å². The number of carbonyl (C=O) groups excluding carboxylic acids is 1. The molecule has 1 atom stereocenters. The van der Waals surface area contributed by atoms with Crippen LogP contribution < -0.4 is 26.8 Å². The van der Waals surface area contributed by atoms with Gasteiger partial charge in [0.05, 0.1) is 48.0 Å². The highest BCUT2D eigenvalue weighted by Crippen LogP contribution is 2.32. The molecule has 0 bridgehead atoms. The highest BCUT2D eigenvalue weighted by Gasteiger charge is 2.24. The molecule has 0 unspecified atom stereocenters. The molecule has 1 aliphatic heterocycles. The summed E-state index contributed by atoms with van der Waals surface area (Å²) in [5, 5.41) is 5.40. The lowest BCUT2D eigenvalue weighted by atomic mass is 10.0. The zero-order valence-electron chi connectivity index (χ0n) is 20.8. The molecule has 1 aliphatic rings. The van der Waals surface area contributed by atoms with Crippen molar-refractivity contribution in [2.45, 2.75) is 25.9 Å². The molecule has 2 aromatic carbocycles. The maximum atomic E-state index is 13.4. The van der Waals surface area contributed by atoms with Gasteiger partial charge in [0.25, 0.3) is 5.56 Å². The van der Waals surface area contributed by atoms with Crippen LogP contribution in [0.15, 0.2) is 89.5 Å². The van der Waals surface area contributed by atoms with E-state index in [1.54, 1.807) is 41.8 Å². The third-order valence-corrected chi connectivity index (χ3v) is 6.48. The van der Waals surface area contributed by atoms with E-state index in [4.69, 9.17) is 23.2 Å². The maximum Gasteiger partial charge on any atom is 0.254 e. The number of carbonyl (C=O) groups is 1. The van der Waals surface area contributed by atoms with E-state index in [1.165, 1.54) is 17.0 Å². The molecule has 0 saturated heterocycles. The molecule has 5 rings (SSSR count). The van der Waals surface area contributed by atoms with Gasteiger partial charge in [0, 0.05) is 29.3 Å². The average Bonchev–Trinajstić information content (AvgIpc) is 3.38. The second kappa shape index (κ2) is 11.6. The van der Waals surface area contributed by atoms with Crippen molar-refractivity contribution in [1.29, 1.82) is 0 Å². The number of hydrogen-bond acceptors (Lipinski definition) is 8. The molecule has 10 nitrogen and oxygen atoms in total. The van der Waals surface area contributed by atoms with Crippen molar-refractivity contribution in [3.05, 3.63) is 117 Å². The average molecular weight is 563 g/mol.